The number of fused-ring (bicyclic) bond motifs is 1. The molecule has 0 aliphatic rings. The van der Waals surface area contributed by atoms with E-state index in [4.69, 9.17) is 9.15 Å². The van der Waals surface area contributed by atoms with Crippen LogP contribution in [0.2, 0.25) is 0 Å². The summed E-state index contributed by atoms with van der Waals surface area (Å²) in [5.41, 5.74) is 9.98. The van der Waals surface area contributed by atoms with Crippen molar-refractivity contribution < 1.29 is 25.4 Å². The highest BCUT2D eigenvalue weighted by molar-refractivity contribution is 7.13. The molecule has 0 saturated carbocycles. The third-order valence-electron chi connectivity index (χ3n) is 4.37. The minimum absolute atomic E-state index is 0.154. The number of benzene rings is 1. The van der Waals surface area contributed by atoms with Crippen molar-refractivity contribution in [3.8, 4) is 16.3 Å². The molecule has 3 aromatic rings. The van der Waals surface area contributed by atoms with Crippen LogP contribution in [0.15, 0.2) is 26.7 Å². The fraction of sp³-hybridized carbons (Fsp3) is 0.350. The fourth-order valence-corrected chi connectivity index (χ4v) is 3.73. The zero-order chi connectivity index (χ0) is 20.6. The van der Waals surface area contributed by atoms with Gasteiger partial charge in [-0.1, -0.05) is 6.92 Å². The highest BCUT2D eigenvalue weighted by atomic mass is 32.1. The molecule has 0 fully saturated rings. The Kier molecular flexibility index (Phi) is 5.64. The maximum atomic E-state index is 13.3. The van der Waals surface area contributed by atoms with Crippen molar-refractivity contribution in [2.24, 2.45) is 0 Å². The van der Waals surface area contributed by atoms with Gasteiger partial charge >= 0.3 is 5.97 Å². The molecule has 0 saturated heterocycles. The van der Waals surface area contributed by atoms with Gasteiger partial charge in [-0.3, -0.25) is 4.79 Å². The maximum Gasteiger partial charge on any atom is 0.369 e. The molecule has 2 heterocycles. The third-order valence-corrected chi connectivity index (χ3v) is 5.35. The summed E-state index contributed by atoms with van der Waals surface area (Å²) in [6.07, 6.45) is 0.600. The van der Waals surface area contributed by atoms with Crippen LogP contribution in [0.25, 0.3) is 21.5 Å². The van der Waals surface area contributed by atoms with Crippen molar-refractivity contribution in [1.29, 1.82) is 0 Å². The van der Waals surface area contributed by atoms with E-state index in [0.717, 1.165) is 11.3 Å². The van der Waals surface area contributed by atoms with Gasteiger partial charge < -0.3 is 20.6 Å². The number of esters is 1. The largest absolute Gasteiger partial charge is 0.454 e. The second-order valence-electron chi connectivity index (χ2n) is 7.00. The number of hydrogen-bond donors (Lipinski definition) is 2. The van der Waals surface area contributed by atoms with Gasteiger partial charge in [0.05, 0.1) is 5.39 Å². The number of carbonyl (C=O) groups excluding carboxylic acids is 1. The average Bonchev–Trinajstić information content (AvgIpc) is 3.06. The predicted molar refractivity (Wildman–Crippen MR) is 107 cm³/mol. The number of thiazole rings is 1. The number of aromatic nitrogens is 1. The summed E-state index contributed by atoms with van der Waals surface area (Å²) in [5.74, 6) is 0.426. The Morgan fingerprint density at radius 2 is 2.04 bits per heavy atom. The molecule has 2 atom stereocenters. The second kappa shape index (κ2) is 7.83. The molecule has 0 unspecified atom stereocenters. The second-order valence-corrected chi connectivity index (χ2v) is 7.86. The smallest absolute Gasteiger partial charge is 0.369 e. The Morgan fingerprint density at radius 1 is 1.32 bits per heavy atom. The summed E-state index contributed by atoms with van der Waals surface area (Å²) in [4.78, 5) is 29.8. The van der Waals surface area contributed by atoms with Crippen LogP contribution in [0.1, 0.15) is 43.8 Å². The van der Waals surface area contributed by atoms with Gasteiger partial charge in [-0.05, 0) is 38.8 Å². The van der Waals surface area contributed by atoms with E-state index in [1.165, 1.54) is 11.3 Å². The lowest BCUT2D eigenvalue weighted by molar-refractivity contribution is -0.424. The number of aryl methyl sites for hydroxylation is 2. The number of carbonyl (C=O) groups is 1. The summed E-state index contributed by atoms with van der Waals surface area (Å²) in [6.45, 7) is 7.35. The van der Waals surface area contributed by atoms with Gasteiger partial charge in [0.2, 0.25) is 5.43 Å². The van der Waals surface area contributed by atoms with Gasteiger partial charge in [-0.25, -0.2) is 9.78 Å². The van der Waals surface area contributed by atoms with Crippen LogP contribution in [-0.2, 0) is 11.2 Å². The Bertz CT molecular complexity index is 1100. The molecule has 3 rings (SSSR count). The van der Waals surface area contributed by atoms with Crippen LogP contribution in [0.5, 0.6) is 5.75 Å². The predicted octanol–water partition coefficient (Wildman–Crippen LogP) is 1.63. The molecule has 6 N–H and O–H groups in total. The normalized spacial score (nSPS) is 13.5. The van der Waals surface area contributed by atoms with Gasteiger partial charge in [0.25, 0.3) is 0 Å². The summed E-state index contributed by atoms with van der Waals surface area (Å²) in [6, 6.07) is 2.59. The highest BCUT2D eigenvalue weighted by Gasteiger charge is 2.24. The lowest BCUT2D eigenvalue weighted by atomic mass is 10.0. The van der Waals surface area contributed by atoms with E-state index in [-0.39, 0.29) is 11.5 Å². The molecular formula is C20H25N3O4S+2. The van der Waals surface area contributed by atoms with E-state index in [9.17, 15) is 9.59 Å². The molecule has 0 amide bonds. The van der Waals surface area contributed by atoms with Crippen LogP contribution in [0.4, 0.5) is 0 Å². The lowest BCUT2D eigenvalue weighted by Crippen LogP contribution is -2.64. The van der Waals surface area contributed by atoms with Crippen molar-refractivity contribution in [2.45, 2.75) is 46.2 Å². The Balaban J connectivity index is 2.28. The van der Waals surface area contributed by atoms with Gasteiger partial charge in [0.15, 0.2) is 11.8 Å². The Morgan fingerprint density at radius 3 is 2.57 bits per heavy atom. The van der Waals surface area contributed by atoms with Crippen LogP contribution >= 0.6 is 11.3 Å². The summed E-state index contributed by atoms with van der Waals surface area (Å²) < 4.78 is 11.6. The first kappa shape index (κ1) is 20.2. The van der Waals surface area contributed by atoms with Gasteiger partial charge in [-0.2, -0.15) is 0 Å². The van der Waals surface area contributed by atoms with Crippen molar-refractivity contribution in [3.05, 3.63) is 44.8 Å². The number of rotatable bonds is 5. The molecule has 1 aromatic carbocycles. The summed E-state index contributed by atoms with van der Waals surface area (Å²) >= 11 is 1.41. The molecule has 28 heavy (non-hydrogen) atoms. The number of quaternary nitrogens is 2. The van der Waals surface area contributed by atoms with Crippen molar-refractivity contribution in [2.75, 3.05) is 0 Å². The molecule has 0 aliphatic carbocycles. The van der Waals surface area contributed by atoms with Gasteiger partial charge in [-0.15, -0.1) is 11.3 Å². The van der Waals surface area contributed by atoms with Crippen molar-refractivity contribution in [3.63, 3.8) is 0 Å². The van der Waals surface area contributed by atoms with Crippen LogP contribution in [0.3, 0.4) is 0 Å². The van der Waals surface area contributed by atoms with Crippen LogP contribution in [0, 0.1) is 6.92 Å². The van der Waals surface area contributed by atoms with Gasteiger partial charge in [0, 0.05) is 17.1 Å². The topological polar surface area (TPSA) is 125 Å². The molecule has 0 spiro atoms. The summed E-state index contributed by atoms with van der Waals surface area (Å²) in [7, 11) is 0. The van der Waals surface area contributed by atoms with Crippen LogP contribution < -0.4 is 21.6 Å². The molecule has 0 bridgehead atoms. The quantitative estimate of drug-likeness (QED) is 0.495. The minimum atomic E-state index is -0.502. The first-order chi connectivity index (χ1) is 13.2. The molecule has 2 aromatic heterocycles. The Labute approximate surface area is 166 Å². The number of ether oxygens (including phenoxy) is 1. The molecule has 7 nitrogen and oxygen atoms in total. The standard InChI is InChI=1S/C20H23N3O4S/c1-5-12-6-13-15(7-14(12)27-20(25)11(4)22)26-18(10(3)21)16(17(13)24)19-23-9(2)8-28-19/h6-8,10-11H,5,21-22H2,1-4H3/p+2/t10-,11+/m0/s1. The van der Waals surface area contributed by atoms with Gasteiger partial charge in [0.1, 0.15) is 27.9 Å². The first-order valence-corrected chi connectivity index (χ1v) is 10.0. The first-order valence-electron chi connectivity index (χ1n) is 9.16. The van der Waals surface area contributed by atoms with E-state index in [0.29, 0.717) is 39.5 Å². The van der Waals surface area contributed by atoms with E-state index >= 15 is 0 Å². The Hall–Kier alpha value is -2.55. The molecule has 148 valence electrons. The minimum Gasteiger partial charge on any atom is -0.454 e. The van der Waals surface area contributed by atoms with E-state index in [2.05, 4.69) is 16.5 Å². The number of hydrogen-bond acceptors (Lipinski definition) is 6. The SMILES string of the molecule is CCc1cc2c(=O)c(-c3nc(C)cs3)c([C@H](C)[NH3+])oc2cc1OC(=O)[C@@H](C)[NH3+]. The van der Waals surface area contributed by atoms with E-state index < -0.39 is 12.0 Å². The summed E-state index contributed by atoms with van der Waals surface area (Å²) in [5, 5.41) is 2.96. The van der Waals surface area contributed by atoms with Crippen molar-refractivity contribution in [1.82, 2.24) is 4.98 Å². The van der Waals surface area contributed by atoms with Crippen LogP contribution in [-0.4, -0.2) is 17.0 Å². The maximum absolute atomic E-state index is 13.3. The highest BCUT2D eigenvalue weighted by Crippen LogP contribution is 2.32. The van der Waals surface area contributed by atoms with E-state index in [1.54, 1.807) is 19.1 Å². The molecule has 0 radical (unpaired) electrons. The zero-order valence-electron chi connectivity index (χ0n) is 16.5. The fourth-order valence-electron chi connectivity index (χ4n) is 2.88. The number of nitrogens with zero attached hydrogens (tertiary/aromatic N) is 1. The monoisotopic (exact) mass is 403 g/mol. The third kappa shape index (κ3) is 3.71. The lowest BCUT2D eigenvalue weighted by Gasteiger charge is -2.13. The molecular weight excluding hydrogens is 378 g/mol. The zero-order valence-corrected chi connectivity index (χ0v) is 17.3. The van der Waals surface area contributed by atoms with E-state index in [1.807, 2.05) is 26.2 Å². The average molecular weight is 404 g/mol. The molecule has 8 heteroatoms. The molecule has 0 aliphatic heterocycles. The van der Waals surface area contributed by atoms with Crippen molar-refractivity contribution >= 4 is 28.3 Å².